The van der Waals surface area contributed by atoms with Crippen molar-refractivity contribution in [2.75, 3.05) is 145 Å². The lowest BCUT2D eigenvalue weighted by Gasteiger charge is -2.41. The van der Waals surface area contributed by atoms with Crippen LogP contribution in [0, 0.1) is 0 Å². The van der Waals surface area contributed by atoms with E-state index in [1.54, 1.807) is 0 Å². The Bertz CT molecular complexity index is 1300. The molecule has 67 heavy (non-hydrogen) atoms. The predicted octanol–water partition coefficient (Wildman–Crippen LogP) is 4.70. The summed E-state index contributed by atoms with van der Waals surface area (Å²) in [6.45, 7) is 41.2. The molecule has 2 atom stereocenters. The molecule has 2 aliphatic rings. The van der Waals surface area contributed by atoms with E-state index in [1.165, 1.54) is 0 Å². The Labute approximate surface area is 413 Å². The van der Waals surface area contributed by atoms with Gasteiger partial charge in [0.15, 0.2) is 46.4 Å². The van der Waals surface area contributed by atoms with Crippen LogP contribution in [0.15, 0.2) is 0 Å². The summed E-state index contributed by atoms with van der Waals surface area (Å²) in [6.07, 6.45) is 0.544. The van der Waals surface area contributed by atoms with Gasteiger partial charge in [-0.05, 0) is 117 Å². The molecule has 0 aromatic rings. The number of esters is 2. The minimum absolute atomic E-state index is 0.138. The highest BCUT2D eigenvalue weighted by atomic mass is 28.5. The SMILES string of the molecule is C[N+]1(CC(=O)OCCOCCOC(=O)C[N+]2(C)CCN(CC(O)COCCC[Si](C)(O[Si](C)(C)C)O[Si](C)(C)C)CC2)CCN(CC(O)COCCC[Si](C)(O[Si](C)(C)C)O[Si](C)(C)C)CC1. The summed E-state index contributed by atoms with van der Waals surface area (Å²) in [5.74, 6) is -0.535. The number of piperazine rings is 2. The van der Waals surface area contributed by atoms with Crippen molar-refractivity contribution in [3.8, 4) is 0 Å². The van der Waals surface area contributed by atoms with Crippen LogP contribution in [0.5, 0.6) is 0 Å². The van der Waals surface area contributed by atoms with Crippen molar-refractivity contribution in [3.05, 3.63) is 0 Å². The zero-order valence-electron chi connectivity index (χ0n) is 45.3. The van der Waals surface area contributed by atoms with Crippen molar-refractivity contribution in [2.45, 2.75) is 129 Å². The number of rotatable bonds is 34. The number of nitrogens with zero attached hydrogens (tertiary/aromatic N) is 4. The molecule has 0 amide bonds. The van der Waals surface area contributed by atoms with Gasteiger partial charge in [0.25, 0.3) is 0 Å². The number of carbonyl (C=O) groups is 2. The van der Waals surface area contributed by atoms with Gasteiger partial charge in [0.2, 0.25) is 0 Å². The number of hydrogen-bond donors (Lipinski definition) is 2. The van der Waals surface area contributed by atoms with Gasteiger partial charge in [0.05, 0.1) is 78.9 Å². The van der Waals surface area contributed by atoms with E-state index in [9.17, 15) is 19.8 Å². The average Bonchev–Trinajstić information content (AvgIpc) is 3.13. The Morgan fingerprint density at radius 1 is 0.478 bits per heavy atom. The summed E-state index contributed by atoms with van der Waals surface area (Å²) in [5, 5.41) is 21.4. The normalized spacial score (nSPS) is 19.0. The average molecular weight is 1060 g/mol. The molecule has 0 aromatic carbocycles. The summed E-state index contributed by atoms with van der Waals surface area (Å²) in [6, 6.07) is 1.77. The quantitative estimate of drug-likeness (QED) is 0.0395. The monoisotopic (exact) mass is 1060 g/mol. The second kappa shape index (κ2) is 28.2. The van der Waals surface area contributed by atoms with Crippen LogP contribution in [0.25, 0.3) is 0 Å². The Morgan fingerprint density at radius 3 is 1.06 bits per heavy atom. The standard InChI is InChI=1S/C44H100N4O13Si6/c1-47(23-19-45(20-24-47)35-41(49)39-54-27-17-33-66(15,58-62(3,4)5)59-63(6,7)8)37-43(51)56-31-29-53-30-32-57-44(52)38-48(2)25-21-46(22-26-48)36-42(50)40-55-28-18-34-67(16,60-64(9,10)11)61-65(12,13)14/h41-42,49-50H,17-40H2,1-16H3/q+2. The van der Waals surface area contributed by atoms with E-state index in [0.717, 1.165) is 77.3 Å². The predicted molar refractivity (Wildman–Crippen MR) is 281 cm³/mol. The van der Waals surface area contributed by atoms with Crippen molar-refractivity contribution in [1.82, 2.24) is 9.80 Å². The second-order valence-corrected chi connectivity index (χ2v) is 49.6. The summed E-state index contributed by atoms with van der Waals surface area (Å²) < 4.78 is 55.8. The van der Waals surface area contributed by atoms with Crippen LogP contribution in [0.4, 0.5) is 0 Å². The molecule has 17 nitrogen and oxygen atoms in total. The molecule has 2 heterocycles. The number of β-amino-alcohol motifs (C(OH)–C–C–N with tert-alkyl or cyclic N) is 2. The molecular formula is C44H100N4O13Si6+2. The molecule has 2 rings (SSSR count). The molecule has 396 valence electrons. The van der Waals surface area contributed by atoms with Gasteiger partial charge in [0, 0.05) is 52.5 Å². The molecule has 0 saturated carbocycles. The smallest absolute Gasteiger partial charge is 0.361 e. The van der Waals surface area contributed by atoms with Gasteiger partial charge in [-0.2, -0.15) is 0 Å². The Morgan fingerprint density at radius 2 is 0.776 bits per heavy atom. The highest BCUT2D eigenvalue weighted by Gasteiger charge is 2.41. The maximum atomic E-state index is 12.7. The van der Waals surface area contributed by atoms with E-state index in [4.69, 9.17) is 40.1 Å². The first-order valence-corrected chi connectivity index (χ1v) is 43.7. The summed E-state index contributed by atoms with van der Waals surface area (Å²) >= 11 is 0. The Hall–Kier alpha value is -0.279. The minimum atomic E-state index is -2.29. The fourth-order valence-corrected chi connectivity index (χ4v) is 33.9. The van der Waals surface area contributed by atoms with Gasteiger partial charge in [-0.3, -0.25) is 9.80 Å². The van der Waals surface area contributed by atoms with E-state index >= 15 is 0 Å². The maximum absolute atomic E-state index is 12.7. The Kier molecular flexibility index (Phi) is 26.5. The number of carbonyl (C=O) groups excluding carboxylic acids is 2. The molecule has 2 fully saturated rings. The zero-order valence-corrected chi connectivity index (χ0v) is 51.3. The lowest BCUT2D eigenvalue weighted by Crippen LogP contribution is -2.60. The fourth-order valence-electron chi connectivity index (χ4n) is 8.87. The number of ether oxygens (including phenoxy) is 5. The van der Waals surface area contributed by atoms with Gasteiger partial charge in [-0.15, -0.1) is 0 Å². The number of aliphatic hydroxyl groups excluding tert-OH is 2. The van der Waals surface area contributed by atoms with Crippen molar-refractivity contribution in [3.63, 3.8) is 0 Å². The first-order chi connectivity index (χ1) is 30.7. The van der Waals surface area contributed by atoms with Gasteiger partial charge in [-0.25, -0.2) is 9.59 Å². The molecule has 0 radical (unpaired) electrons. The summed E-state index contributed by atoms with van der Waals surface area (Å²) in [4.78, 5) is 29.9. The minimum Gasteiger partial charge on any atom is -0.459 e. The van der Waals surface area contributed by atoms with E-state index in [-0.39, 0.29) is 64.7 Å². The van der Waals surface area contributed by atoms with Crippen molar-refractivity contribution in [2.24, 2.45) is 0 Å². The second-order valence-electron chi connectivity index (χ2n) is 23.9. The Balaban J connectivity index is 1.53. The highest BCUT2D eigenvalue weighted by Crippen LogP contribution is 2.27. The summed E-state index contributed by atoms with van der Waals surface area (Å²) in [5.41, 5.74) is 0. The largest absolute Gasteiger partial charge is 0.459 e. The number of quaternary nitrogens is 2. The van der Waals surface area contributed by atoms with Gasteiger partial charge in [-0.1, -0.05) is 0 Å². The molecule has 0 bridgehead atoms. The molecule has 0 spiro atoms. The van der Waals surface area contributed by atoms with Crippen LogP contribution in [-0.4, -0.2) is 249 Å². The first-order valence-electron chi connectivity index (χ1n) is 25.0. The van der Waals surface area contributed by atoms with Crippen LogP contribution in [0.2, 0.25) is 104 Å². The molecule has 2 unspecified atom stereocenters. The van der Waals surface area contributed by atoms with E-state index in [2.05, 4.69) is 116 Å². The molecule has 2 saturated heterocycles. The number of likely N-dealkylation sites (N-methyl/N-ethyl adjacent to an activating group) is 2. The van der Waals surface area contributed by atoms with Crippen LogP contribution >= 0.6 is 0 Å². The lowest BCUT2D eigenvalue weighted by molar-refractivity contribution is -0.906. The van der Waals surface area contributed by atoms with Crippen molar-refractivity contribution in [1.29, 1.82) is 0 Å². The fraction of sp³-hybridized carbons (Fsp3) is 0.955. The van der Waals surface area contributed by atoms with E-state index < -0.39 is 62.6 Å². The van der Waals surface area contributed by atoms with Crippen molar-refractivity contribution < 1.29 is 68.9 Å². The van der Waals surface area contributed by atoms with Crippen LogP contribution in [0.1, 0.15) is 12.8 Å². The van der Waals surface area contributed by atoms with E-state index in [0.29, 0.717) is 35.3 Å². The van der Waals surface area contributed by atoms with Crippen molar-refractivity contribution >= 4 is 62.3 Å². The third-order valence-corrected chi connectivity index (χ3v) is 30.5. The van der Waals surface area contributed by atoms with Crippen LogP contribution in [0.3, 0.4) is 0 Å². The molecule has 2 aliphatic heterocycles. The highest BCUT2D eigenvalue weighted by molar-refractivity contribution is 6.88. The summed E-state index contributed by atoms with van der Waals surface area (Å²) in [7, 11) is -7.41. The molecular weight excluding hydrogens is 961 g/mol. The lowest BCUT2D eigenvalue weighted by atomic mass is 10.2. The topological polar surface area (TPSA) is 164 Å². The first kappa shape index (κ1) is 62.8. The number of hydrogen-bond acceptors (Lipinski definition) is 15. The van der Waals surface area contributed by atoms with E-state index in [1.807, 2.05) is 0 Å². The number of aliphatic hydroxyl groups is 2. The molecule has 2 N–H and O–H groups in total. The molecule has 0 aromatic heterocycles. The molecule has 23 heteroatoms. The zero-order chi connectivity index (χ0) is 50.8. The van der Waals surface area contributed by atoms with Gasteiger partial charge < -0.3 is 59.3 Å². The maximum Gasteiger partial charge on any atom is 0.361 e. The van der Waals surface area contributed by atoms with Gasteiger partial charge in [0.1, 0.15) is 13.2 Å². The molecule has 0 aliphatic carbocycles. The van der Waals surface area contributed by atoms with Crippen LogP contribution in [-0.2, 0) is 49.7 Å². The third kappa shape index (κ3) is 30.4. The van der Waals surface area contributed by atoms with Gasteiger partial charge >= 0.3 is 29.1 Å². The van der Waals surface area contributed by atoms with Crippen LogP contribution < -0.4 is 0 Å². The third-order valence-electron chi connectivity index (χ3n) is 11.3.